The molecule has 2 aromatic carbocycles. The zero-order chi connectivity index (χ0) is 36.8. The molecule has 4 heterocycles. The summed E-state index contributed by atoms with van der Waals surface area (Å²) in [7, 11) is 0. The molecule has 19 nitrogen and oxygen atoms in total. The smallest absolute Gasteiger partial charge is 0.229 e. The van der Waals surface area contributed by atoms with Crippen LogP contribution < -0.4 is 19.6 Å². The molecule has 0 bridgehead atoms. The van der Waals surface area contributed by atoms with Crippen molar-refractivity contribution in [1.82, 2.24) is 0 Å². The van der Waals surface area contributed by atoms with E-state index in [9.17, 15) is 61.0 Å². The van der Waals surface area contributed by atoms with Crippen molar-refractivity contribution >= 4 is 11.0 Å². The Morgan fingerprint density at radius 2 is 1.27 bits per heavy atom. The lowest BCUT2D eigenvalue weighted by molar-refractivity contribution is -0.278. The molecule has 11 N–H and O–H groups in total. The lowest BCUT2D eigenvalue weighted by Gasteiger charge is -2.40. The molecule has 0 saturated carbocycles. The Labute approximate surface area is 287 Å². The number of rotatable bonds is 10. The van der Waals surface area contributed by atoms with Gasteiger partial charge in [-0.25, -0.2) is 0 Å². The fraction of sp³-hybridized carbons (Fsp3) is 0.531. The second-order valence-corrected chi connectivity index (χ2v) is 12.4. The molecule has 0 amide bonds. The first-order valence-corrected chi connectivity index (χ1v) is 15.7. The highest BCUT2D eigenvalue weighted by molar-refractivity contribution is 5.88. The second kappa shape index (κ2) is 14.8. The minimum absolute atomic E-state index is 0.0119. The van der Waals surface area contributed by atoms with Gasteiger partial charge in [0, 0.05) is 12.1 Å². The van der Waals surface area contributed by atoms with E-state index in [-0.39, 0.29) is 40.4 Å². The number of fused-ring (bicyclic) bond motifs is 1. The molecule has 0 radical (unpaired) electrons. The lowest BCUT2D eigenvalue weighted by atomic mass is 9.99. The molecule has 3 aliphatic rings. The molecular formula is C32H38O19. The van der Waals surface area contributed by atoms with Gasteiger partial charge in [0.25, 0.3) is 0 Å². The predicted octanol–water partition coefficient (Wildman–Crippen LogP) is -4.36. The maximum absolute atomic E-state index is 14.0. The Hall–Kier alpha value is -3.51. The monoisotopic (exact) mass is 726 g/mol. The number of hydrogen-bond acceptors (Lipinski definition) is 19. The van der Waals surface area contributed by atoms with Gasteiger partial charge in [0.05, 0.1) is 32.0 Å². The average molecular weight is 727 g/mol. The third-order valence-electron chi connectivity index (χ3n) is 9.00. The normalized spacial score (nSPS) is 37.0. The van der Waals surface area contributed by atoms with E-state index in [0.717, 1.165) is 12.3 Å². The quantitative estimate of drug-likeness (QED) is 0.0940. The topological polar surface area (TPSA) is 308 Å². The summed E-state index contributed by atoms with van der Waals surface area (Å²) in [4.78, 5) is 14.0. The van der Waals surface area contributed by atoms with Crippen molar-refractivity contribution in [2.45, 2.75) is 79.4 Å². The summed E-state index contributed by atoms with van der Waals surface area (Å²) in [6, 6.07) is 8.15. The minimum Gasteiger partial charge on any atom is -0.463 e. The van der Waals surface area contributed by atoms with Gasteiger partial charge in [-0.2, -0.15) is 0 Å². The van der Waals surface area contributed by atoms with Gasteiger partial charge in [-0.3, -0.25) is 4.79 Å². The summed E-state index contributed by atoms with van der Waals surface area (Å²) in [6.45, 7) is -2.63. The van der Waals surface area contributed by atoms with Crippen LogP contribution in [0.1, 0.15) is 0 Å². The standard InChI is InChI=1S/C32H38O19/c33-7-18-22(37)24(39)26(41)29(50-18)48-14-5-16-20(17(6-14)49-30-27(42)25(40)23(38)19(8-34)51-30)21(36)15(9-45-16)12-1-3-13(4-2-12)47-31-28(43)32(44,10-35)11-46-31/h1-6,9,18-19,22-31,33-35,37-44H,7-8,10-11H2/t18-,19-,22-,23-,24+,25+,26-,27-,28+,29-,30-,31-,32-/m1/s1. The summed E-state index contributed by atoms with van der Waals surface area (Å²) < 4.78 is 39.1. The zero-order valence-corrected chi connectivity index (χ0v) is 26.5. The highest BCUT2D eigenvalue weighted by Crippen LogP contribution is 2.36. The number of benzene rings is 2. The molecule has 0 unspecified atom stereocenters. The van der Waals surface area contributed by atoms with Crippen LogP contribution in [0.3, 0.4) is 0 Å². The van der Waals surface area contributed by atoms with Crippen LogP contribution in [0, 0.1) is 0 Å². The Kier molecular flexibility index (Phi) is 10.8. The van der Waals surface area contributed by atoms with E-state index in [2.05, 4.69) is 0 Å². The molecule has 0 aliphatic carbocycles. The van der Waals surface area contributed by atoms with Gasteiger partial charge in [0.2, 0.25) is 24.3 Å². The molecule has 6 rings (SSSR count). The summed E-state index contributed by atoms with van der Waals surface area (Å²) in [5, 5.41) is 111. The van der Waals surface area contributed by atoms with Gasteiger partial charge in [0.1, 0.15) is 95.0 Å². The first kappa shape index (κ1) is 37.3. The molecule has 1 aromatic heterocycles. The van der Waals surface area contributed by atoms with E-state index in [0.29, 0.717) is 5.56 Å². The van der Waals surface area contributed by atoms with Crippen LogP contribution in [0.4, 0.5) is 0 Å². The zero-order valence-electron chi connectivity index (χ0n) is 26.5. The van der Waals surface area contributed by atoms with Crippen molar-refractivity contribution in [1.29, 1.82) is 0 Å². The first-order valence-electron chi connectivity index (χ1n) is 15.7. The fourth-order valence-electron chi connectivity index (χ4n) is 5.88. The molecule has 3 aromatic rings. The van der Waals surface area contributed by atoms with Crippen molar-refractivity contribution in [2.24, 2.45) is 0 Å². The SMILES string of the molecule is O=c1c(-c2ccc(O[C@H]3OC[C@](O)(CO)[C@H]3O)cc2)coc2cc(O[C@@H]3O[C@H](CO)[C@@H](O)[C@H](O)[C@H]3O)cc(O[C@@H]3O[C@H](CO)[C@@H](O)[C@H](O)[C@H]3O)c12. The van der Waals surface area contributed by atoms with Crippen LogP contribution in [-0.4, -0.2) is 162 Å². The van der Waals surface area contributed by atoms with Gasteiger partial charge < -0.3 is 89.0 Å². The maximum atomic E-state index is 14.0. The van der Waals surface area contributed by atoms with E-state index in [1.165, 1.54) is 30.3 Å². The van der Waals surface area contributed by atoms with Crippen LogP contribution in [0.25, 0.3) is 22.1 Å². The van der Waals surface area contributed by atoms with E-state index < -0.39 is 105 Å². The van der Waals surface area contributed by atoms with E-state index in [1.54, 1.807) is 0 Å². The van der Waals surface area contributed by atoms with Gasteiger partial charge in [-0.1, -0.05) is 12.1 Å². The molecule has 0 spiro atoms. The average Bonchev–Trinajstić information content (AvgIpc) is 3.41. The molecule has 3 fully saturated rings. The van der Waals surface area contributed by atoms with E-state index in [4.69, 9.17) is 32.8 Å². The van der Waals surface area contributed by atoms with Crippen LogP contribution in [0.5, 0.6) is 17.2 Å². The summed E-state index contributed by atoms with van der Waals surface area (Å²) >= 11 is 0. The molecular weight excluding hydrogens is 688 g/mol. The fourth-order valence-corrected chi connectivity index (χ4v) is 5.88. The number of aliphatic hydroxyl groups is 11. The Morgan fingerprint density at radius 1 is 0.706 bits per heavy atom. The van der Waals surface area contributed by atoms with Crippen molar-refractivity contribution in [3.8, 4) is 28.4 Å². The third kappa shape index (κ3) is 7.02. The molecule has 280 valence electrons. The first-order chi connectivity index (χ1) is 24.3. The number of aliphatic hydroxyl groups excluding tert-OH is 10. The third-order valence-corrected chi connectivity index (χ3v) is 9.00. The second-order valence-electron chi connectivity index (χ2n) is 12.4. The van der Waals surface area contributed by atoms with E-state index >= 15 is 0 Å². The van der Waals surface area contributed by atoms with Crippen LogP contribution in [0.2, 0.25) is 0 Å². The highest BCUT2D eigenvalue weighted by Gasteiger charge is 2.49. The van der Waals surface area contributed by atoms with Gasteiger partial charge in [-0.05, 0) is 17.7 Å². The van der Waals surface area contributed by atoms with Gasteiger partial charge in [0.15, 0.2) is 0 Å². The molecule has 3 saturated heterocycles. The maximum Gasteiger partial charge on any atom is 0.229 e. The highest BCUT2D eigenvalue weighted by atomic mass is 16.7. The van der Waals surface area contributed by atoms with Gasteiger partial charge in [-0.15, -0.1) is 0 Å². The van der Waals surface area contributed by atoms with Crippen LogP contribution in [0.15, 0.2) is 51.9 Å². The van der Waals surface area contributed by atoms with Crippen LogP contribution >= 0.6 is 0 Å². The lowest BCUT2D eigenvalue weighted by Crippen LogP contribution is -2.60. The van der Waals surface area contributed by atoms with Crippen molar-refractivity contribution in [3.63, 3.8) is 0 Å². The van der Waals surface area contributed by atoms with Crippen molar-refractivity contribution in [3.05, 3.63) is 52.9 Å². The number of ether oxygens (including phenoxy) is 6. The summed E-state index contributed by atoms with van der Waals surface area (Å²) in [5.74, 6) is -0.388. The predicted molar refractivity (Wildman–Crippen MR) is 165 cm³/mol. The van der Waals surface area contributed by atoms with Crippen LogP contribution in [-0.2, 0) is 14.2 Å². The minimum atomic E-state index is -1.90. The molecule has 3 aliphatic heterocycles. The van der Waals surface area contributed by atoms with E-state index in [1.807, 2.05) is 0 Å². The van der Waals surface area contributed by atoms with Gasteiger partial charge >= 0.3 is 0 Å². The van der Waals surface area contributed by atoms with Crippen molar-refractivity contribution in [2.75, 3.05) is 26.4 Å². The molecule has 51 heavy (non-hydrogen) atoms. The Balaban J connectivity index is 1.34. The summed E-state index contributed by atoms with van der Waals surface area (Å²) in [5.41, 5.74) is -2.47. The molecule has 13 atom stereocenters. The number of hydrogen-bond donors (Lipinski definition) is 11. The van der Waals surface area contributed by atoms with Crippen molar-refractivity contribution < 1.29 is 89.0 Å². The Bertz CT molecular complexity index is 1710. The molecule has 19 heteroatoms. The Morgan fingerprint density at radius 3 is 1.82 bits per heavy atom. The largest absolute Gasteiger partial charge is 0.463 e. The summed E-state index contributed by atoms with van der Waals surface area (Å²) in [6.07, 6.45) is -18.5.